The van der Waals surface area contributed by atoms with Crippen LogP contribution in [-0.4, -0.2) is 30.0 Å². The van der Waals surface area contributed by atoms with Crippen molar-refractivity contribution < 1.29 is 14.4 Å². The van der Waals surface area contributed by atoms with E-state index in [0.29, 0.717) is 29.2 Å². The van der Waals surface area contributed by atoms with E-state index < -0.39 is 5.91 Å². The zero-order valence-electron chi connectivity index (χ0n) is 15.3. The van der Waals surface area contributed by atoms with Crippen molar-refractivity contribution in [2.24, 2.45) is 0 Å². The molecule has 1 aliphatic rings. The van der Waals surface area contributed by atoms with Crippen LogP contribution in [0.15, 0.2) is 47.4 Å². The van der Waals surface area contributed by atoms with Crippen molar-refractivity contribution in [3.8, 4) is 0 Å². The summed E-state index contributed by atoms with van der Waals surface area (Å²) in [4.78, 5) is 38.8. The van der Waals surface area contributed by atoms with Crippen molar-refractivity contribution >= 4 is 46.8 Å². The minimum absolute atomic E-state index is 0.0131. The van der Waals surface area contributed by atoms with Gasteiger partial charge in [0.15, 0.2) is 0 Å². The Morgan fingerprint density at radius 3 is 2.57 bits per heavy atom. The fourth-order valence-corrected chi connectivity index (χ4v) is 3.70. The van der Waals surface area contributed by atoms with Crippen molar-refractivity contribution in [1.82, 2.24) is 10.9 Å². The van der Waals surface area contributed by atoms with Gasteiger partial charge in [-0.25, -0.2) is 0 Å². The molecule has 0 bridgehead atoms. The lowest BCUT2D eigenvalue weighted by Gasteiger charge is -2.18. The molecule has 1 aliphatic heterocycles. The molecule has 2 aromatic rings. The van der Waals surface area contributed by atoms with E-state index >= 15 is 0 Å². The van der Waals surface area contributed by atoms with Crippen molar-refractivity contribution in [2.75, 3.05) is 17.2 Å². The Balaban J connectivity index is 1.55. The molecule has 0 unspecified atom stereocenters. The first-order valence-electron chi connectivity index (χ1n) is 8.82. The first kappa shape index (κ1) is 20.2. The second kappa shape index (κ2) is 9.12. The average Bonchev–Trinajstić information content (AvgIpc) is 3.11. The lowest BCUT2D eigenvalue weighted by Crippen LogP contribution is -2.42. The molecule has 0 aliphatic carbocycles. The molecule has 1 fully saturated rings. The van der Waals surface area contributed by atoms with Gasteiger partial charge in [0, 0.05) is 23.4 Å². The summed E-state index contributed by atoms with van der Waals surface area (Å²) in [5.74, 6) is -0.626. The molecule has 8 heteroatoms. The number of hydrogen-bond acceptors (Lipinski definition) is 4. The summed E-state index contributed by atoms with van der Waals surface area (Å²) >= 11 is 7.57. The number of hydrogen-bond donors (Lipinski definition) is 2. The summed E-state index contributed by atoms with van der Waals surface area (Å²) in [6.45, 7) is 2.58. The molecule has 3 rings (SSSR count). The smallest absolute Gasteiger partial charge is 0.269 e. The monoisotopic (exact) mass is 417 g/mol. The average molecular weight is 418 g/mol. The molecule has 28 heavy (non-hydrogen) atoms. The van der Waals surface area contributed by atoms with E-state index in [1.165, 1.54) is 11.8 Å². The molecule has 0 aromatic heterocycles. The molecule has 146 valence electrons. The molecule has 0 saturated carbocycles. The van der Waals surface area contributed by atoms with E-state index in [4.69, 9.17) is 11.6 Å². The summed E-state index contributed by atoms with van der Waals surface area (Å²) < 4.78 is 0. The second-order valence-electron chi connectivity index (χ2n) is 6.42. The number of anilines is 1. The van der Waals surface area contributed by atoms with E-state index in [1.807, 2.05) is 31.2 Å². The zero-order valence-corrected chi connectivity index (χ0v) is 16.9. The van der Waals surface area contributed by atoms with Gasteiger partial charge in [-0.05, 0) is 43.7 Å². The number of halogens is 1. The third-order valence-electron chi connectivity index (χ3n) is 4.28. The number of rotatable bonds is 5. The van der Waals surface area contributed by atoms with Gasteiger partial charge in [-0.1, -0.05) is 29.3 Å². The lowest BCUT2D eigenvalue weighted by atomic mass is 10.2. The molecule has 6 nitrogen and oxygen atoms in total. The Morgan fingerprint density at radius 2 is 1.89 bits per heavy atom. The fourth-order valence-electron chi connectivity index (χ4n) is 2.78. The van der Waals surface area contributed by atoms with Crippen LogP contribution < -0.4 is 15.8 Å². The standard InChI is InChI=1S/C20H20ClN3O3S/c1-13-4-7-15(8-5-13)28-12-18(25)22-23-20(27)14-6-9-16(21)17(11-14)24-10-2-3-19(24)26/h4-9,11H,2-3,10,12H2,1H3,(H,22,25)(H,23,27). The fraction of sp³-hybridized carbons (Fsp3) is 0.250. The minimum atomic E-state index is -0.474. The van der Waals surface area contributed by atoms with Crippen molar-refractivity contribution in [3.05, 3.63) is 58.6 Å². The number of hydrazine groups is 1. The number of carbonyl (C=O) groups excluding carboxylic acids is 3. The van der Waals surface area contributed by atoms with Gasteiger partial charge in [0.25, 0.3) is 5.91 Å². The van der Waals surface area contributed by atoms with Gasteiger partial charge in [0.2, 0.25) is 11.8 Å². The predicted molar refractivity (Wildman–Crippen MR) is 111 cm³/mol. The Kier molecular flexibility index (Phi) is 6.59. The second-order valence-corrected chi connectivity index (χ2v) is 7.88. The quantitative estimate of drug-likeness (QED) is 0.577. The maximum absolute atomic E-state index is 12.3. The third kappa shape index (κ3) is 5.05. The van der Waals surface area contributed by atoms with Gasteiger partial charge in [0.05, 0.1) is 16.5 Å². The summed E-state index contributed by atoms with van der Waals surface area (Å²) in [5, 5.41) is 0.408. The number of benzene rings is 2. The van der Waals surface area contributed by atoms with Crippen molar-refractivity contribution in [3.63, 3.8) is 0 Å². The zero-order chi connectivity index (χ0) is 20.1. The highest BCUT2D eigenvalue weighted by molar-refractivity contribution is 8.00. The van der Waals surface area contributed by atoms with Crippen LogP contribution in [0.4, 0.5) is 5.69 Å². The molecule has 0 radical (unpaired) electrons. The molecule has 0 spiro atoms. The topological polar surface area (TPSA) is 78.5 Å². The molecule has 2 N–H and O–H groups in total. The third-order valence-corrected chi connectivity index (χ3v) is 5.61. The molecule has 1 saturated heterocycles. The van der Waals surface area contributed by atoms with Crippen molar-refractivity contribution in [2.45, 2.75) is 24.7 Å². The highest BCUT2D eigenvalue weighted by Gasteiger charge is 2.24. The Morgan fingerprint density at radius 1 is 1.14 bits per heavy atom. The summed E-state index contributed by atoms with van der Waals surface area (Å²) in [6.07, 6.45) is 1.24. The SMILES string of the molecule is Cc1ccc(SCC(=O)NNC(=O)c2ccc(Cl)c(N3CCCC3=O)c2)cc1. The Hall–Kier alpha value is -2.51. The highest BCUT2D eigenvalue weighted by Crippen LogP contribution is 2.30. The van der Waals surface area contributed by atoms with Gasteiger partial charge < -0.3 is 4.90 Å². The molecule has 1 heterocycles. The predicted octanol–water partition coefficient (Wildman–Crippen LogP) is 3.33. The van der Waals surface area contributed by atoms with Gasteiger partial charge in [0.1, 0.15) is 0 Å². The number of thioether (sulfide) groups is 1. The van der Waals surface area contributed by atoms with E-state index in [-0.39, 0.29) is 17.6 Å². The van der Waals surface area contributed by atoms with Crippen LogP contribution in [0.25, 0.3) is 0 Å². The normalized spacial score (nSPS) is 13.5. The van der Waals surface area contributed by atoms with Crippen LogP contribution in [0.1, 0.15) is 28.8 Å². The van der Waals surface area contributed by atoms with Gasteiger partial charge in [-0.2, -0.15) is 0 Å². The lowest BCUT2D eigenvalue weighted by molar-refractivity contribution is -0.119. The first-order chi connectivity index (χ1) is 13.4. The van der Waals surface area contributed by atoms with Crippen LogP contribution in [0.3, 0.4) is 0 Å². The highest BCUT2D eigenvalue weighted by atomic mass is 35.5. The van der Waals surface area contributed by atoms with Crippen LogP contribution >= 0.6 is 23.4 Å². The first-order valence-corrected chi connectivity index (χ1v) is 10.2. The summed E-state index contributed by atoms with van der Waals surface area (Å²) in [6, 6.07) is 12.5. The number of aryl methyl sites for hydroxylation is 1. The van der Waals surface area contributed by atoms with E-state index in [1.54, 1.807) is 23.1 Å². The molecule has 2 aromatic carbocycles. The van der Waals surface area contributed by atoms with E-state index in [9.17, 15) is 14.4 Å². The number of nitrogens with zero attached hydrogens (tertiary/aromatic N) is 1. The van der Waals surface area contributed by atoms with Crippen LogP contribution in [0.2, 0.25) is 5.02 Å². The maximum Gasteiger partial charge on any atom is 0.269 e. The van der Waals surface area contributed by atoms with Gasteiger partial charge in [-0.3, -0.25) is 25.2 Å². The largest absolute Gasteiger partial charge is 0.311 e. The van der Waals surface area contributed by atoms with E-state index in [0.717, 1.165) is 16.9 Å². The molecular weight excluding hydrogens is 398 g/mol. The Bertz CT molecular complexity index is 902. The number of carbonyl (C=O) groups is 3. The van der Waals surface area contributed by atoms with Gasteiger partial charge >= 0.3 is 0 Å². The maximum atomic E-state index is 12.3. The number of nitrogens with one attached hydrogen (secondary N) is 2. The van der Waals surface area contributed by atoms with Crippen LogP contribution in [0, 0.1) is 6.92 Å². The van der Waals surface area contributed by atoms with Gasteiger partial charge in [-0.15, -0.1) is 11.8 Å². The molecule has 0 atom stereocenters. The van der Waals surface area contributed by atoms with E-state index in [2.05, 4.69) is 10.9 Å². The number of amides is 3. The summed E-state index contributed by atoms with van der Waals surface area (Å²) in [5.41, 5.74) is 6.77. The minimum Gasteiger partial charge on any atom is -0.311 e. The molecule has 3 amide bonds. The van der Waals surface area contributed by atoms with Crippen LogP contribution in [0.5, 0.6) is 0 Å². The Labute approximate surface area is 172 Å². The van der Waals surface area contributed by atoms with Crippen molar-refractivity contribution in [1.29, 1.82) is 0 Å². The van der Waals surface area contributed by atoms with Crippen LogP contribution in [-0.2, 0) is 9.59 Å². The summed E-state index contributed by atoms with van der Waals surface area (Å²) in [7, 11) is 0. The molecular formula is C20H20ClN3O3S.